The molecule has 0 aliphatic heterocycles. The molecule has 0 amide bonds. The number of hydrogen-bond donors (Lipinski definition) is 2. The van der Waals surface area contributed by atoms with Crippen LogP contribution in [0.5, 0.6) is 0 Å². The van der Waals surface area contributed by atoms with Gasteiger partial charge in [-0.15, -0.1) is 0 Å². The van der Waals surface area contributed by atoms with E-state index < -0.39 is 0 Å². The molecule has 0 bridgehead atoms. The van der Waals surface area contributed by atoms with Gasteiger partial charge in [0.15, 0.2) is 0 Å². The van der Waals surface area contributed by atoms with Gasteiger partial charge in [-0.3, -0.25) is 9.36 Å². The van der Waals surface area contributed by atoms with Crippen LogP contribution in [0.4, 0.5) is 0 Å². The Labute approximate surface area is 129 Å². The fourth-order valence-corrected chi connectivity index (χ4v) is 3.05. The number of H-pyrrole nitrogens is 1. The topological polar surface area (TPSA) is 55.1 Å². The SMILES string of the molecule is CC[NH+](CC)CCn1cnc2c([nH]c3cccc(C)c32)c1=O. The van der Waals surface area contributed by atoms with Gasteiger partial charge < -0.3 is 9.88 Å². The van der Waals surface area contributed by atoms with Crippen molar-refractivity contribution in [1.29, 1.82) is 0 Å². The minimum absolute atomic E-state index is 0.0205. The third-order valence-corrected chi connectivity index (χ3v) is 4.51. The van der Waals surface area contributed by atoms with Gasteiger partial charge in [-0.1, -0.05) is 12.1 Å². The molecule has 0 unspecified atom stereocenters. The fraction of sp³-hybridized carbons (Fsp3) is 0.412. The van der Waals surface area contributed by atoms with Gasteiger partial charge in [-0.2, -0.15) is 0 Å². The second kappa shape index (κ2) is 5.93. The summed E-state index contributed by atoms with van der Waals surface area (Å²) in [6.07, 6.45) is 1.69. The van der Waals surface area contributed by atoms with E-state index in [0.29, 0.717) is 12.1 Å². The quantitative estimate of drug-likeness (QED) is 0.741. The number of likely N-dealkylation sites (N-methyl/N-ethyl adjacent to an activating group) is 1. The van der Waals surface area contributed by atoms with Crippen molar-refractivity contribution in [1.82, 2.24) is 14.5 Å². The van der Waals surface area contributed by atoms with Gasteiger partial charge in [0, 0.05) is 10.9 Å². The van der Waals surface area contributed by atoms with Crippen molar-refractivity contribution in [2.75, 3.05) is 19.6 Å². The van der Waals surface area contributed by atoms with Crippen LogP contribution in [0.2, 0.25) is 0 Å². The molecule has 0 spiro atoms. The highest BCUT2D eigenvalue weighted by Crippen LogP contribution is 2.24. The molecular weight excluding hydrogens is 276 g/mol. The van der Waals surface area contributed by atoms with Crippen molar-refractivity contribution in [2.45, 2.75) is 27.3 Å². The van der Waals surface area contributed by atoms with Gasteiger partial charge in [-0.05, 0) is 32.4 Å². The van der Waals surface area contributed by atoms with E-state index in [-0.39, 0.29) is 5.56 Å². The Kier molecular flexibility index (Phi) is 3.98. The number of rotatable bonds is 5. The summed E-state index contributed by atoms with van der Waals surface area (Å²) >= 11 is 0. The molecule has 2 heterocycles. The second-order valence-electron chi connectivity index (χ2n) is 5.80. The Bertz CT molecular complexity index is 858. The normalized spacial score (nSPS) is 11.8. The highest BCUT2D eigenvalue weighted by molar-refractivity contribution is 6.06. The Morgan fingerprint density at radius 2 is 2.05 bits per heavy atom. The zero-order chi connectivity index (χ0) is 15.7. The monoisotopic (exact) mass is 299 g/mol. The van der Waals surface area contributed by atoms with Gasteiger partial charge in [-0.25, -0.2) is 4.98 Å². The van der Waals surface area contributed by atoms with E-state index in [9.17, 15) is 4.79 Å². The summed E-state index contributed by atoms with van der Waals surface area (Å²) in [4.78, 5) is 22.0. The van der Waals surface area contributed by atoms with Crippen molar-refractivity contribution in [3.63, 3.8) is 0 Å². The molecule has 2 aromatic heterocycles. The summed E-state index contributed by atoms with van der Waals surface area (Å²) < 4.78 is 1.72. The van der Waals surface area contributed by atoms with Crippen molar-refractivity contribution < 1.29 is 4.90 Å². The van der Waals surface area contributed by atoms with Crippen molar-refractivity contribution in [3.05, 3.63) is 40.4 Å². The maximum Gasteiger partial charge on any atom is 0.277 e. The molecule has 0 atom stereocenters. The highest BCUT2D eigenvalue weighted by Gasteiger charge is 2.13. The molecule has 5 nitrogen and oxygen atoms in total. The van der Waals surface area contributed by atoms with Gasteiger partial charge in [0.1, 0.15) is 11.0 Å². The fourth-order valence-electron chi connectivity index (χ4n) is 3.05. The minimum Gasteiger partial charge on any atom is -0.349 e. The van der Waals surface area contributed by atoms with Crippen LogP contribution in [-0.2, 0) is 6.54 Å². The van der Waals surface area contributed by atoms with Crippen molar-refractivity contribution in [3.8, 4) is 0 Å². The van der Waals surface area contributed by atoms with E-state index in [4.69, 9.17) is 0 Å². The van der Waals surface area contributed by atoms with E-state index in [1.165, 1.54) is 4.90 Å². The summed E-state index contributed by atoms with van der Waals surface area (Å²) in [7, 11) is 0. The standard InChI is InChI=1S/C17H22N4O/c1-4-20(5-2)9-10-21-11-18-15-14-12(3)7-6-8-13(14)19-16(15)17(21)22/h6-8,11,19H,4-5,9-10H2,1-3H3/p+1. The maximum absolute atomic E-state index is 12.7. The molecule has 0 fully saturated rings. The zero-order valence-corrected chi connectivity index (χ0v) is 13.4. The maximum atomic E-state index is 12.7. The molecule has 5 heteroatoms. The van der Waals surface area contributed by atoms with E-state index in [2.05, 4.69) is 23.8 Å². The molecule has 3 aromatic rings. The number of aromatic nitrogens is 3. The van der Waals surface area contributed by atoms with Gasteiger partial charge >= 0.3 is 0 Å². The van der Waals surface area contributed by atoms with E-state index in [1.54, 1.807) is 10.9 Å². The van der Waals surface area contributed by atoms with Crippen LogP contribution < -0.4 is 10.5 Å². The summed E-state index contributed by atoms with van der Waals surface area (Å²) in [5.74, 6) is 0. The first-order valence-corrected chi connectivity index (χ1v) is 7.95. The molecule has 0 aliphatic carbocycles. The third kappa shape index (κ3) is 2.41. The minimum atomic E-state index is 0.0205. The van der Waals surface area contributed by atoms with Crippen LogP contribution in [0, 0.1) is 6.92 Å². The zero-order valence-electron chi connectivity index (χ0n) is 13.4. The van der Waals surface area contributed by atoms with Gasteiger partial charge in [0.05, 0.1) is 32.5 Å². The average Bonchev–Trinajstić information content (AvgIpc) is 2.91. The van der Waals surface area contributed by atoms with E-state index in [1.807, 2.05) is 25.1 Å². The lowest BCUT2D eigenvalue weighted by Crippen LogP contribution is -3.11. The molecule has 2 N–H and O–H groups in total. The predicted octanol–water partition coefficient (Wildman–Crippen LogP) is 1.11. The molecular formula is C17H23N4O+. The molecule has 3 rings (SSSR count). The number of aryl methyl sites for hydroxylation is 1. The Balaban J connectivity index is 2.05. The van der Waals surface area contributed by atoms with E-state index >= 15 is 0 Å². The van der Waals surface area contributed by atoms with Crippen molar-refractivity contribution >= 4 is 21.9 Å². The predicted molar refractivity (Wildman–Crippen MR) is 89.5 cm³/mol. The van der Waals surface area contributed by atoms with Crippen molar-refractivity contribution in [2.24, 2.45) is 0 Å². The van der Waals surface area contributed by atoms with Gasteiger partial charge in [0.25, 0.3) is 5.56 Å². The summed E-state index contributed by atoms with van der Waals surface area (Å²) in [5.41, 5.74) is 3.53. The first-order valence-electron chi connectivity index (χ1n) is 7.95. The molecule has 0 saturated carbocycles. The van der Waals surface area contributed by atoms with Gasteiger partial charge in [0.2, 0.25) is 0 Å². The second-order valence-corrected chi connectivity index (χ2v) is 5.80. The van der Waals surface area contributed by atoms with Crippen LogP contribution in [0.25, 0.3) is 21.9 Å². The highest BCUT2D eigenvalue weighted by atomic mass is 16.1. The lowest BCUT2D eigenvalue weighted by molar-refractivity contribution is -0.897. The number of benzene rings is 1. The van der Waals surface area contributed by atoms with Crippen LogP contribution >= 0.6 is 0 Å². The summed E-state index contributed by atoms with van der Waals surface area (Å²) in [6, 6.07) is 6.04. The molecule has 1 aromatic carbocycles. The summed E-state index contributed by atoms with van der Waals surface area (Å²) in [6.45, 7) is 10.2. The molecule has 0 aliphatic rings. The van der Waals surface area contributed by atoms with Crippen LogP contribution in [0.15, 0.2) is 29.3 Å². The number of aromatic amines is 1. The lowest BCUT2D eigenvalue weighted by Gasteiger charge is -2.15. The number of hydrogen-bond acceptors (Lipinski definition) is 2. The molecule has 0 radical (unpaired) electrons. The Hall–Kier alpha value is -2.14. The Morgan fingerprint density at radius 1 is 1.27 bits per heavy atom. The molecule has 116 valence electrons. The first kappa shape index (κ1) is 14.8. The lowest BCUT2D eigenvalue weighted by atomic mass is 10.1. The number of fused-ring (bicyclic) bond motifs is 3. The van der Waals surface area contributed by atoms with E-state index in [0.717, 1.165) is 41.6 Å². The Morgan fingerprint density at radius 3 is 2.77 bits per heavy atom. The largest absolute Gasteiger partial charge is 0.349 e. The van der Waals surface area contributed by atoms with Crippen LogP contribution in [-0.4, -0.2) is 34.2 Å². The third-order valence-electron chi connectivity index (χ3n) is 4.51. The van der Waals surface area contributed by atoms with Crippen LogP contribution in [0.1, 0.15) is 19.4 Å². The number of quaternary nitrogens is 1. The smallest absolute Gasteiger partial charge is 0.277 e. The van der Waals surface area contributed by atoms with Crippen LogP contribution in [0.3, 0.4) is 0 Å². The molecule has 22 heavy (non-hydrogen) atoms. The average molecular weight is 299 g/mol. The number of nitrogens with one attached hydrogen (secondary N) is 2. The first-order chi connectivity index (χ1) is 10.7. The summed E-state index contributed by atoms with van der Waals surface area (Å²) in [5, 5.41) is 1.05. The molecule has 0 saturated heterocycles. The number of nitrogens with zero attached hydrogens (tertiary/aromatic N) is 2.